The number of nitro benzene ring substituents is 1. The van der Waals surface area contributed by atoms with Crippen molar-refractivity contribution in [1.29, 1.82) is 0 Å². The molecule has 0 unspecified atom stereocenters. The quantitative estimate of drug-likeness (QED) is 0.391. The van der Waals surface area contributed by atoms with Gasteiger partial charge in [0.15, 0.2) is 4.80 Å². The van der Waals surface area contributed by atoms with Gasteiger partial charge in [0.1, 0.15) is 0 Å². The fourth-order valence-electron chi connectivity index (χ4n) is 2.63. The van der Waals surface area contributed by atoms with Gasteiger partial charge in [-0.15, -0.1) is 6.58 Å². The van der Waals surface area contributed by atoms with Gasteiger partial charge in [0.2, 0.25) is 0 Å². The maximum atomic E-state index is 12.4. The number of aryl methyl sites for hydroxylation is 1. The van der Waals surface area contributed by atoms with Gasteiger partial charge in [-0.25, -0.2) is 0 Å². The van der Waals surface area contributed by atoms with E-state index in [9.17, 15) is 14.9 Å². The van der Waals surface area contributed by atoms with Crippen LogP contribution in [0.1, 0.15) is 11.1 Å². The Hall–Kier alpha value is -3.06. The Morgan fingerprint density at radius 1 is 1.31 bits per heavy atom. The van der Waals surface area contributed by atoms with Gasteiger partial charge in [-0.1, -0.05) is 35.6 Å². The lowest BCUT2D eigenvalue weighted by Gasteiger charge is -2.01. The number of carbonyl (C=O) groups is 1. The highest BCUT2D eigenvalue weighted by Gasteiger charge is 2.09. The molecule has 0 saturated heterocycles. The van der Waals surface area contributed by atoms with E-state index in [1.54, 1.807) is 18.2 Å². The smallest absolute Gasteiger partial charge is 0.269 e. The molecule has 3 aromatic rings. The van der Waals surface area contributed by atoms with Crippen LogP contribution < -0.4 is 4.80 Å². The largest absolute Gasteiger partial charge is 0.313 e. The zero-order valence-electron chi connectivity index (χ0n) is 14.2. The third kappa shape index (κ3) is 3.78. The first kappa shape index (κ1) is 17.8. The summed E-state index contributed by atoms with van der Waals surface area (Å²) in [6.45, 7) is 6.36. The average Bonchev–Trinajstić information content (AvgIpc) is 2.92. The lowest BCUT2D eigenvalue weighted by atomic mass is 10.1. The van der Waals surface area contributed by atoms with Crippen molar-refractivity contribution in [2.24, 2.45) is 4.99 Å². The van der Waals surface area contributed by atoms with Gasteiger partial charge in [-0.05, 0) is 30.2 Å². The van der Waals surface area contributed by atoms with E-state index in [4.69, 9.17) is 0 Å². The van der Waals surface area contributed by atoms with Gasteiger partial charge in [0.25, 0.3) is 11.6 Å². The summed E-state index contributed by atoms with van der Waals surface area (Å²) in [5, 5.41) is 10.7. The molecule has 0 radical (unpaired) electrons. The molecule has 0 fully saturated rings. The molecule has 0 saturated carbocycles. The Morgan fingerprint density at radius 3 is 2.69 bits per heavy atom. The number of hydrogen-bond acceptors (Lipinski definition) is 4. The molecule has 3 rings (SSSR count). The molecule has 1 aromatic heterocycles. The number of rotatable bonds is 5. The number of thiazole rings is 1. The molecule has 26 heavy (non-hydrogen) atoms. The van der Waals surface area contributed by atoms with Crippen LogP contribution in [0.5, 0.6) is 0 Å². The number of non-ortho nitro benzene ring substituents is 1. The van der Waals surface area contributed by atoms with E-state index in [0.717, 1.165) is 15.8 Å². The monoisotopic (exact) mass is 367 g/mol. The Kier molecular flexibility index (Phi) is 5.09. The van der Waals surface area contributed by atoms with Crippen LogP contribution in [0.15, 0.2) is 60.1 Å². The zero-order valence-corrected chi connectivity index (χ0v) is 15.0. The van der Waals surface area contributed by atoms with Crippen LogP contribution in [0.3, 0.4) is 0 Å². The van der Waals surface area contributed by atoms with E-state index >= 15 is 0 Å². The topological polar surface area (TPSA) is 77.5 Å². The number of benzene rings is 2. The summed E-state index contributed by atoms with van der Waals surface area (Å²) in [6.07, 6.45) is 1.87. The molecule has 0 aliphatic carbocycles. The fourth-order valence-corrected chi connectivity index (χ4v) is 3.78. The molecule has 0 spiro atoms. The summed E-state index contributed by atoms with van der Waals surface area (Å²) in [6, 6.07) is 12.1. The Balaban J connectivity index is 1.93. The van der Waals surface area contributed by atoms with Gasteiger partial charge >= 0.3 is 0 Å². The average molecular weight is 367 g/mol. The molecule has 2 aromatic carbocycles. The molecule has 6 nitrogen and oxygen atoms in total. The number of aromatic nitrogens is 1. The summed E-state index contributed by atoms with van der Waals surface area (Å²) in [5.74, 6) is -0.292. The summed E-state index contributed by atoms with van der Waals surface area (Å²) in [4.78, 5) is 27.5. The molecule has 7 heteroatoms. The molecule has 0 bridgehead atoms. The van der Waals surface area contributed by atoms with Gasteiger partial charge in [0.05, 0.1) is 21.6 Å². The van der Waals surface area contributed by atoms with Crippen LogP contribution >= 0.6 is 11.3 Å². The van der Waals surface area contributed by atoms with Gasteiger partial charge in [-0.3, -0.25) is 14.9 Å². The normalized spacial score (nSPS) is 11.7. The summed E-state index contributed by atoms with van der Waals surface area (Å²) < 4.78 is 3.02. The van der Waals surface area contributed by atoms with E-state index in [1.807, 2.05) is 23.6 Å². The number of fused-ring (bicyclic) bond motifs is 1. The van der Waals surface area contributed by atoms with Crippen molar-refractivity contribution >= 4 is 33.1 Å². The highest BCUT2D eigenvalue weighted by atomic mass is 32.1. The third-order valence-electron chi connectivity index (χ3n) is 3.87. The predicted octanol–water partition coefficient (Wildman–Crippen LogP) is 3.78. The minimum absolute atomic E-state index is 0.00170. The van der Waals surface area contributed by atoms with Gasteiger partial charge in [0, 0.05) is 18.7 Å². The first-order valence-corrected chi connectivity index (χ1v) is 8.81. The molecule has 0 aliphatic rings. The first-order valence-electron chi connectivity index (χ1n) is 7.99. The Morgan fingerprint density at radius 2 is 2.04 bits per heavy atom. The van der Waals surface area contributed by atoms with Gasteiger partial charge in [-0.2, -0.15) is 4.99 Å². The van der Waals surface area contributed by atoms with E-state index in [2.05, 4.69) is 17.6 Å². The maximum Gasteiger partial charge on any atom is 0.269 e. The molecule has 1 amide bonds. The summed E-state index contributed by atoms with van der Waals surface area (Å²) in [5.41, 5.74) is 2.86. The standard InChI is InChI=1S/C19H17N3O3S/c1-3-10-21-16-9-4-13(2)11-17(16)26-19(21)20-18(23)12-14-5-7-15(8-6-14)22(24)25/h3-9,11H,1,10,12H2,2H3. The minimum Gasteiger partial charge on any atom is -0.313 e. The number of nitro groups is 1. The van der Waals surface area contributed by atoms with Crippen molar-refractivity contribution in [3.05, 3.63) is 81.2 Å². The lowest BCUT2D eigenvalue weighted by Crippen LogP contribution is -2.16. The highest BCUT2D eigenvalue weighted by molar-refractivity contribution is 7.16. The summed E-state index contributed by atoms with van der Waals surface area (Å²) >= 11 is 1.46. The fraction of sp³-hybridized carbons (Fsp3) is 0.158. The van der Waals surface area contributed by atoms with Crippen LogP contribution in [-0.2, 0) is 17.8 Å². The van der Waals surface area contributed by atoms with Crippen LogP contribution in [0.4, 0.5) is 5.69 Å². The number of nitrogens with zero attached hydrogens (tertiary/aromatic N) is 3. The Bertz CT molecular complexity index is 1060. The van der Waals surface area contributed by atoms with E-state index in [1.165, 1.54) is 23.5 Å². The van der Waals surface area contributed by atoms with Crippen molar-refractivity contribution in [2.45, 2.75) is 19.9 Å². The van der Waals surface area contributed by atoms with Crippen molar-refractivity contribution in [3.63, 3.8) is 0 Å². The summed E-state index contributed by atoms with van der Waals surface area (Å²) in [7, 11) is 0. The van der Waals surface area contributed by atoms with Crippen LogP contribution in [0, 0.1) is 17.0 Å². The SMILES string of the molecule is C=CCn1c(=NC(=O)Cc2ccc([N+](=O)[O-])cc2)sc2cc(C)ccc21. The van der Waals surface area contributed by atoms with Crippen molar-refractivity contribution in [2.75, 3.05) is 0 Å². The van der Waals surface area contributed by atoms with Crippen LogP contribution in [0.2, 0.25) is 0 Å². The van der Waals surface area contributed by atoms with E-state index in [0.29, 0.717) is 16.9 Å². The van der Waals surface area contributed by atoms with E-state index < -0.39 is 4.92 Å². The zero-order chi connectivity index (χ0) is 18.7. The molecular weight excluding hydrogens is 350 g/mol. The van der Waals surface area contributed by atoms with Crippen molar-refractivity contribution in [1.82, 2.24) is 4.57 Å². The second-order valence-electron chi connectivity index (χ2n) is 5.86. The predicted molar refractivity (Wildman–Crippen MR) is 102 cm³/mol. The number of carbonyl (C=O) groups excluding carboxylic acids is 1. The van der Waals surface area contributed by atoms with Crippen LogP contribution in [0.25, 0.3) is 10.2 Å². The molecule has 0 N–H and O–H groups in total. The van der Waals surface area contributed by atoms with Gasteiger partial charge < -0.3 is 4.57 Å². The third-order valence-corrected chi connectivity index (χ3v) is 4.91. The number of hydrogen-bond donors (Lipinski definition) is 0. The molecule has 0 atom stereocenters. The van der Waals surface area contributed by atoms with Crippen molar-refractivity contribution < 1.29 is 9.72 Å². The highest BCUT2D eigenvalue weighted by Crippen LogP contribution is 2.19. The number of amides is 1. The number of allylic oxidation sites excluding steroid dienone is 1. The first-order chi connectivity index (χ1) is 12.5. The Labute approximate surface area is 153 Å². The second-order valence-corrected chi connectivity index (χ2v) is 6.87. The van der Waals surface area contributed by atoms with E-state index in [-0.39, 0.29) is 18.0 Å². The van der Waals surface area contributed by atoms with Crippen molar-refractivity contribution in [3.8, 4) is 0 Å². The minimum atomic E-state index is -0.465. The molecule has 0 aliphatic heterocycles. The molecule has 1 heterocycles. The molecule has 132 valence electrons. The lowest BCUT2D eigenvalue weighted by molar-refractivity contribution is -0.384. The maximum absolute atomic E-state index is 12.4. The molecular formula is C19H17N3O3S. The second kappa shape index (κ2) is 7.45. The van der Waals surface area contributed by atoms with Crippen LogP contribution in [-0.4, -0.2) is 15.4 Å².